The first-order chi connectivity index (χ1) is 14.6. The summed E-state index contributed by atoms with van der Waals surface area (Å²) in [6.45, 7) is 5.10. The maximum absolute atomic E-state index is 13.0. The number of para-hydroxylation sites is 1. The first-order valence-corrected chi connectivity index (χ1v) is 11.3. The molecule has 0 fully saturated rings. The number of benzene rings is 2. The van der Waals surface area contributed by atoms with Gasteiger partial charge < -0.3 is 9.47 Å². The number of fused-ring (bicyclic) bond motifs is 1. The Hall–Kier alpha value is -3.13. The van der Waals surface area contributed by atoms with Gasteiger partial charge in [0.2, 0.25) is 0 Å². The van der Waals surface area contributed by atoms with Crippen LogP contribution < -0.4 is 4.31 Å². The Morgan fingerprint density at radius 3 is 2.42 bits per heavy atom. The van der Waals surface area contributed by atoms with Crippen LogP contribution in [0.25, 0.3) is 6.08 Å². The number of esters is 2. The predicted molar refractivity (Wildman–Crippen MR) is 117 cm³/mol. The summed E-state index contributed by atoms with van der Waals surface area (Å²) in [5, 5.41) is 0. The van der Waals surface area contributed by atoms with Gasteiger partial charge in [-0.15, -0.1) is 0 Å². The molecule has 0 N–H and O–H groups in total. The summed E-state index contributed by atoms with van der Waals surface area (Å²) in [4.78, 5) is 23.5. The van der Waals surface area contributed by atoms with E-state index in [0.717, 1.165) is 5.56 Å². The van der Waals surface area contributed by atoms with Crippen LogP contribution in [0.5, 0.6) is 0 Å². The Labute approximate surface area is 182 Å². The largest absolute Gasteiger partial charge is 0.457 e. The lowest BCUT2D eigenvalue weighted by Gasteiger charge is -2.19. The van der Waals surface area contributed by atoms with Crippen LogP contribution in [0.15, 0.2) is 59.5 Å². The molecule has 8 heteroatoms. The molecule has 0 saturated carbocycles. The molecule has 1 aliphatic rings. The first kappa shape index (κ1) is 22.6. The molecule has 0 spiro atoms. The molecule has 0 atom stereocenters. The van der Waals surface area contributed by atoms with E-state index in [9.17, 15) is 18.0 Å². The van der Waals surface area contributed by atoms with Crippen molar-refractivity contribution in [3.8, 4) is 0 Å². The SMILES string of the molecule is CC(C)(C)OC(=O)COC(=O)C=Cc1ccc(S(=O)(=O)N2CCc3ccccc32)cc1. The van der Waals surface area contributed by atoms with E-state index in [0.29, 0.717) is 24.2 Å². The highest BCUT2D eigenvalue weighted by Crippen LogP contribution is 2.32. The van der Waals surface area contributed by atoms with Crippen molar-refractivity contribution in [3.63, 3.8) is 0 Å². The molecule has 31 heavy (non-hydrogen) atoms. The molecule has 164 valence electrons. The van der Waals surface area contributed by atoms with Gasteiger partial charge in [0.25, 0.3) is 10.0 Å². The lowest BCUT2D eigenvalue weighted by Crippen LogP contribution is -2.29. The van der Waals surface area contributed by atoms with Gasteiger partial charge in [-0.1, -0.05) is 30.3 Å². The molecule has 2 aromatic carbocycles. The summed E-state index contributed by atoms with van der Waals surface area (Å²) < 4.78 is 37.3. The zero-order valence-corrected chi connectivity index (χ0v) is 18.5. The lowest BCUT2D eigenvalue weighted by molar-refractivity contribution is -0.164. The number of rotatable bonds is 6. The average Bonchev–Trinajstić information content (AvgIpc) is 3.15. The highest BCUT2D eigenvalue weighted by atomic mass is 32.2. The normalized spacial score (nSPS) is 13.8. The fourth-order valence-corrected chi connectivity index (χ4v) is 4.65. The summed E-state index contributed by atoms with van der Waals surface area (Å²) in [5.74, 6) is -1.33. The summed E-state index contributed by atoms with van der Waals surface area (Å²) in [7, 11) is -3.67. The van der Waals surface area contributed by atoms with Crippen LogP contribution in [0, 0.1) is 0 Å². The van der Waals surface area contributed by atoms with Crippen molar-refractivity contribution in [3.05, 3.63) is 65.7 Å². The van der Waals surface area contributed by atoms with Crippen LogP contribution >= 0.6 is 0 Å². The van der Waals surface area contributed by atoms with Crippen molar-refractivity contribution in [1.29, 1.82) is 0 Å². The summed E-state index contributed by atoms with van der Waals surface area (Å²) >= 11 is 0. The molecule has 0 aliphatic carbocycles. The van der Waals surface area contributed by atoms with E-state index in [2.05, 4.69) is 0 Å². The maximum Gasteiger partial charge on any atom is 0.344 e. The Kier molecular flexibility index (Phi) is 6.50. The first-order valence-electron chi connectivity index (χ1n) is 9.84. The zero-order chi connectivity index (χ0) is 22.6. The third-order valence-corrected chi connectivity index (χ3v) is 6.30. The Bertz CT molecular complexity index is 1100. The van der Waals surface area contributed by atoms with Crippen LogP contribution in [0.4, 0.5) is 5.69 Å². The molecule has 0 saturated heterocycles. The molecule has 1 heterocycles. The Morgan fingerprint density at radius 2 is 1.74 bits per heavy atom. The smallest absolute Gasteiger partial charge is 0.344 e. The highest BCUT2D eigenvalue weighted by molar-refractivity contribution is 7.92. The van der Waals surface area contributed by atoms with E-state index in [1.165, 1.54) is 28.6 Å². The quantitative estimate of drug-likeness (QED) is 0.503. The molecule has 1 aliphatic heterocycles. The van der Waals surface area contributed by atoms with Crippen LogP contribution in [-0.4, -0.2) is 39.1 Å². The van der Waals surface area contributed by atoms with Crippen LogP contribution in [-0.2, 0) is 35.5 Å². The summed E-state index contributed by atoms with van der Waals surface area (Å²) in [5.41, 5.74) is 1.68. The number of ether oxygens (including phenoxy) is 2. The van der Waals surface area contributed by atoms with Crippen molar-refractivity contribution in [2.45, 2.75) is 37.7 Å². The predicted octanol–water partition coefficient (Wildman–Crippen LogP) is 3.34. The van der Waals surface area contributed by atoms with E-state index in [4.69, 9.17) is 9.47 Å². The van der Waals surface area contributed by atoms with Crippen molar-refractivity contribution >= 4 is 33.7 Å². The number of carbonyl (C=O) groups is 2. The number of hydrogen-bond donors (Lipinski definition) is 0. The van der Waals surface area contributed by atoms with Crippen molar-refractivity contribution in [2.24, 2.45) is 0 Å². The number of sulfonamides is 1. The van der Waals surface area contributed by atoms with Crippen LogP contribution in [0.1, 0.15) is 31.9 Å². The second kappa shape index (κ2) is 8.93. The third kappa shape index (κ3) is 5.73. The topological polar surface area (TPSA) is 90.0 Å². The molecule has 2 aromatic rings. The number of carbonyl (C=O) groups excluding carboxylic acids is 2. The van der Waals surface area contributed by atoms with E-state index < -0.39 is 34.2 Å². The Balaban J connectivity index is 1.61. The van der Waals surface area contributed by atoms with Crippen molar-refractivity contribution < 1.29 is 27.5 Å². The fraction of sp³-hybridized carbons (Fsp3) is 0.304. The minimum absolute atomic E-state index is 0.175. The van der Waals surface area contributed by atoms with Gasteiger partial charge in [-0.3, -0.25) is 4.31 Å². The average molecular weight is 444 g/mol. The monoisotopic (exact) mass is 443 g/mol. The van der Waals surface area contributed by atoms with E-state index >= 15 is 0 Å². The summed E-state index contributed by atoms with van der Waals surface area (Å²) in [6.07, 6.45) is 3.34. The molecule has 0 unspecified atom stereocenters. The van der Waals surface area contributed by atoms with E-state index in [1.54, 1.807) is 39.0 Å². The van der Waals surface area contributed by atoms with Gasteiger partial charge in [0.15, 0.2) is 6.61 Å². The Morgan fingerprint density at radius 1 is 1.06 bits per heavy atom. The fourth-order valence-electron chi connectivity index (χ4n) is 3.15. The van der Waals surface area contributed by atoms with Gasteiger partial charge in [-0.2, -0.15) is 0 Å². The van der Waals surface area contributed by atoms with Crippen LogP contribution in [0.2, 0.25) is 0 Å². The standard InChI is InChI=1S/C23H25NO6S/c1-23(2,3)30-22(26)16-29-21(25)13-10-17-8-11-19(12-9-17)31(27,28)24-15-14-18-6-4-5-7-20(18)24/h4-13H,14-16H2,1-3H3. The molecular weight excluding hydrogens is 418 g/mol. The maximum atomic E-state index is 13.0. The second-order valence-corrected chi connectivity index (χ2v) is 9.91. The number of anilines is 1. The number of nitrogens with zero attached hydrogens (tertiary/aromatic N) is 1. The van der Waals surface area contributed by atoms with E-state index in [1.807, 2.05) is 18.2 Å². The molecular formula is C23H25NO6S. The molecule has 0 amide bonds. The van der Waals surface area contributed by atoms with Crippen LogP contribution in [0.3, 0.4) is 0 Å². The minimum Gasteiger partial charge on any atom is -0.457 e. The van der Waals surface area contributed by atoms with Gasteiger partial charge in [0, 0.05) is 12.6 Å². The molecule has 0 bridgehead atoms. The van der Waals surface area contributed by atoms with Gasteiger partial charge in [0.1, 0.15) is 5.60 Å². The number of hydrogen-bond acceptors (Lipinski definition) is 6. The second-order valence-electron chi connectivity index (χ2n) is 8.05. The molecule has 0 radical (unpaired) electrons. The third-order valence-electron chi connectivity index (χ3n) is 4.48. The highest BCUT2D eigenvalue weighted by Gasteiger charge is 2.30. The van der Waals surface area contributed by atoms with Crippen molar-refractivity contribution in [2.75, 3.05) is 17.5 Å². The van der Waals surface area contributed by atoms with E-state index in [-0.39, 0.29) is 4.90 Å². The summed E-state index contributed by atoms with van der Waals surface area (Å²) in [6, 6.07) is 13.7. The molecule has 0 aromatic heterocycles. The minimum atomic E-state index is -3.67. The van der Waals surface area contributed by atoms with Gasteiger partial charge in [-0.05, 0) is 62.6 Å². The lowest BCUT2D eigenvalue weighted by atomic mass is 10.2. The zero-order valence-electron chi connectivity index (χ0n) is 17.7. The van der Waals surface area contributed by atoms with Gasteiger partial charge in [-0.25, -0.2) is 18.0 Å². The van der Waals surface area contributed by atoms with Gasteiger partial charge >= 0.3 is 11.9 Å². The van der Waals surface area contributed by atoms with Crippen molar-refractivity contribution in [1.82, 2.24) is 0 Å². The van der Waals surface area contributed by atoms with Gasteiger partial charge in [0.05, 0.1) is 10.6 Å². The molecule has 7 nitrogen and oxygen atoms in total. The molecule has 3 rings (SSSR count).